The molecule has 0 spiro atoms. The highest BCUT2D eigenvalue weighted by atomic mass is 32.2. The van der Waals surface area contributed by atoms with Crippen molar-refractivity contribution in [1.29, 1.82) is 0 Å². The fourth-order valence-electron chi connectivity index (χ4n) is 2.19. The van der Waals surface area contributed by atoms with Gasteiger partial charge in [-0.15, -0.1) is 4.09 Å². The monoisotopic (exact) mass is 374 g/mol. The standard InChI is InChI=1S/C17H14N2O4S2/c1-12-7-9-14(10-8-12)25(22,23)19-16(17(20)21)15(11-18-19)24-13-5-3-2-4-6-13/h2-11H,1H3,(H,20,21). The van der Waals surface area contributed by atoms with Crippen molar-refractivity contribution in [2.24, 2.45) is 0 Å². The Morgan fingerprint density at radius 1 is 1.08 bits per heavy atom. The van der Waals surface area contributed by atoms with Gasteiger partial charge in [0.1, 0.15) is 0 Å². The van der Waals surface area contributed by atoms with Crippen LogP contribution in [0.1, 0.15) is 16.1 Å². The van der Waals surface area contributed by atoms with Gasteiger partial charge < -0.3 is 5.11 Å². The smallest absolute Gasteiger partial charge is 0.356 e. The molecule has 0 unspecified atom stereocenters. The number of rotatable bonds is 5. The Balaban J connectivity index is 2.08. The van der Waals surface area contributed by atoms with E-state index in [1.807, 2.05) is 37.3 Å². The lowest BCUT2D eigenvalue weighted by Gasteiger charge is -2.08. The van der Waals surface area contributed by atoms with Gasteiger partial charge >= 0.3 is 5.97 Å². The number of hydrogen-bond acceptors (Lipinski definition) is 5. The molecule has 0 aliphatic rings. The molecule has 0 bridgehead atoms. The van der Waals surface area contributed by atoms with Crippen molar-refractivity contribution < 1.29 is 18.3 Å². The Morgan fingerprint density at radius 2 is 1.72 bits per heavy atom. The number of carbonyl (C=O) groups is 1. The second-order valence-electron chi connectivity index (χ2n) is 5.24. The number of aromatic nitrogens is 2. The van der Waals surface area contributed by atoms with Crippen LogP contribution < -0.4 is 0 Å². The molecule has 8 heteroatoms. The maximum atomic E-state index is 12.8. The summed E-state index contributed by atoms with van der Waals surface area (Å²) >= 11 is 1.15. The first kappa shape index (κ1) is 17.2. The highest BCUT2D eigenvalue weighted by Gasteiger charge is 2.28. The Morgan fingerprint density at radius 3 is 2.32 bits per heavy atom. The van der Waals surface area contributed by atoms with E-state index >= 15 is 0 Å². The largest absolute Gasteiger partial charge is 0.476 e. The first-order valence-electron chi connectivity index (χ1n) is 7.26. The zero-order valence-corrected chi connectivity index (χ0v) is 14.8. The lowest BCUT2D eigenvalue weighted by molar-refractivity contribution is 0.0684. The minimum atomic E-state index is -4.09. The van der Waals surface area contributed by atoms with Crippen molar-refractivity contribution in [3.63, 3.8) is 0 Å². The zero-order valence-electron chi connectivity index (χ0n) is 13.2. The van der Waals surface area contributed by atoms with Crippen LogP contribution in [0.5, 0.6) is 0 Å². The topological polar surface area (TPSA) is 89.3 Å². The van der Waals surface area contributed by atoms with Crippen LogP contribution in [-0.2, 0) is 10.0 Å². The van der Waals surface area contributed by atoms with Crippen LogP contribution in [0.15, 0.2) is 75.5 Å². The third kappa shape index (κ3) is 3.45. The van der Waals surface area contributed by atoms with Gasteiger partial charge in [0, 0.05) is 4.90 Å². The Bertz CT molecular complexity index is 1010. The molecule has 0 fully saturated rings. The molecule has 1 N–H and O–H groups in total. The minimum absolute atomic E-state index is 0.0139. The quantitative estimate of drug-likeness (QED) is 0.737. The average molecular weight is 374 g/mol. The van der Waals surface area contributed by atoms with E-state index in [2.05, 4.69) is 5.10 Å². The molecular weight excluding hydrogens is 360 g/mol. The molecule has 3 rings (SSSR count). The van der Waals surface area contributed by atoms with Gasteiger partial charge in [0.05, 0.1) is 16.0 Å². The summed E-state index contributed by atoms with van der Waals surface area (Å²) in [4.78, 5) is 12.7. The lowest BCUT2D eigenvalue weighted by Crippen LogP contribution is -2.20. The molecule has 0 aliphatic carbocycles. The number of hydrogen-bond donors (Lipinski definition) is 1. The Kier molecular flexibility index (Phi) is 4.65. The highest BCUT2D eigenvalue weighted by molar-refractivity contribution is 7.99. The number of carboxylic acid groups (broad SMARTS) is 1. The maximum absolute atomic E-state index is 12.8. The van der Waals surface area contributed by atoms with Gasteiger partial charge in [-0.3, -0.25) is 0 Å². The van der Waals surface area contributed by atoms with E-state index in [1.54, 1.807) is 12.1 Å². The molecule has 0 saturated carbocycles. The van der Waals surface area contributed by atoms with Crippen molar-refractivity contribution in [2.45, 2.75) is 21.6 Å². The maximum Gasteiger partial charge on any atom is 0.356 e. The first-order valence-corrected chi connectivity index (χ1v) is 9.52. The van der Waals surface area contributed by atoms with Crippen LogP contribution >= 0.6 is 11.8 Å². The molecule has 0 saturated heterocycles. The van der Waals surface area contributed by atoms with E-state index < -0.39 is 16.0 Å². The van der Waals surface area contributed by atoms with Gasteiger partial charge in [0.25, 0.3) is 10.0 Å². The predicted molar refractivity (Wildman–Crippen MR) is 93.5 cm³/mol. The molecule has 1 heterocycles. The Hall–Kier alpha value is -2.58. The van der Waals surface area contributed by atoms with Crippen molar-refractivity contribution in [3.8, 4) is 0 Å². The van der Waals surface area contributed by atoms with Crippen molar-refractivity contribution in [1.82, 2.24) is 9.19 Å². The summed E-state index contributed by atoms with van der Waals surface area (Å²) in [6.07, 6.45) is 1.26. The third-order valence-electron chi connectivity index (χ3n) is 3.42. The minimum Gasteiger partial charge on any atom is -0.476 e. The van der Waals surface area contributed by atoms with Gasteiger partial charge in [-0.1, -0.05) is 47.7 Å². The van der Waals surface area contributed by atoms with Crippen LogP contribution in [0.25, 0.3) is 0 Å². The zero-order chi connectivity index (χ0) is 18.0. The first-order chi connectivity index (χ1) is 11.9. The molecule has 2 aromatic carbocycles. The van der Waals surface area contributed by atoms with Gasteiger partial charge in [-0.25, -0.2) is 4.79 Å². The van der Waals surface area contributed by atoms with E-state index in [0.717, 1.165) is 22.2 Å². The molecule has 128 valence electrons. The molecule has 0 atom stereocenters. The summed E-state index contributed by atoms with van der Waals surface area (Å²) in [6.45, 7) is 1.83. The summed E-state index contributed by atoms with van der Waals surface area (Å²) in [5.41, 5.74) is 0.521. The number of nitrogens with zero attached hydrogens (tertiary/aromatic N) is 2. The summed E-state index contributed by atoms with van der Waals surface area (Å²) in [5.74, 6) is -1.35. The van der Waals surface area contributed by atoms with E-state index in [4.69, 9.17) is 0 Å². The molecule has 3 aromatic rings. The van der Waals surface area contributed by atoms with E-state index in [0.29, 0.717) is 4.09 Å². The number of aromatic carboxylic acids is 1. The molecule has 0 radical (unpaired) electrons. The second kappa shape index (κ2) is 6.73. The van der Waals surface area contributed by atoms with Crippen molar-refractivity contribution in [2.75, 3.05) is 0 Å². The van der Waals surface area contributed by atoms with Gasteiger partial charge in [0.15, 0.2) is 5.69 Å². The Labute approximate surface area is 149 Å². The summed E-state index contributed by atoms with van der Waals surface area (Å²) in [5, 5.41) is 13.4. The number of benzene rings is 2. The molecule has 1 aromatic heterocycles. The highest BCUT2D eigenvalue weighted by Crippen LogP contribution is 2.31. The molecular formula is C17H14N2O4S2. The summed E-state index contributed by atoms with van der Waals surface area (Å²) in [7, 11) is -4.09. The number of carboxylic acids is 1. The van der Waals surface area contributed by atoms with Crippen molar-refractivity contribution in [3.05, 3.63) is 72.1 Å². The van der Waals surface area contributed by atoms with Gasteiger partial charge in [-0.05, 0) is 31.2 Å². The summed E-state index contributed by atoms with van der Waals surface area (Å²) in [6, 6.07) is 15.3. The number of aryl methyl sites for hydroxylation is 1. The van der Waals surface area contributed by atoms with Crippen LogP contribution in [0.3, 0.4) is 0 Å². The van der Waals surface area contributed by atoms with Gasteiger partial charge in [-0.2, -0.15) is 13.5 Å². The molecule has 25 heavy (non-hydrogen) atoms. The summed E-state index contributed by atoms with van der Waals surface area (Å²) < 4.78 is 26.1. The average Bonchev–Trinajstić information content (AvgIpc) is 3.01. The van der Waals surface area contributed by atoms with Crippen LogP contribution in [0, 0.1) is 6.92 Å². The van der Waals surface area contributed by atoms with E-state index in [9.17, 15) is 18.3 Å². The molecule has 0 amide bonds. The molecule has 6 nitrogen and oxygen atoms in total. The fourth-order valence-corrected chi connectivity index (χ4v) is 4.43. The molecule has 0 aliphatic heterocycles. The normalized spacial score (nSPS) is 11.4. The fraction of sp³-hybridized carbons (Fsp3) is 0.0588. The van der Waals surface area contributed by atoms with Gasteiger partial charge in [0.2, 0.25) is 0 Å². The SMILES string of the molecule is Cc1ccc(S(=O)(=O)n2ncc(Sc3ccccc3)c2C(=O)O)cc1. The van der Waals surface area contributed by atoms with Crippen molar-refractivity contribution >= 4 is 27.8 Å². The third-order valence-corrected chi connectivity index (χ3v) is 6.05. The second-order valence-corrected chi connectivity index (χ2v) is 8.12. The predicted octanol–water partition coefficient (Wildman–Crippen LogP) is 3.28. The van der Waals surface area contributed by atoms with E-state index in [1.165, 1.54) is 18.3 Å². The van der Waals surface area contributed by atoms with Crippen LogP contribution in [0.2, 0.25) is 0 Å². The van der Waals surface area contributed by atoms with Crippen LogP contribution in [0.4, 0.5) is 0 Å². The van der Waals surface area contributed by atoms with Crippen LogP contribution in [-0.4, -0.2) is 28.7 Å². The van der Waals surface area contributed by atoms with E-state index in [-0.39, 0.29) is 15.5 Å². The lowest BCUT2D eigenvalue weighted by atomic mass is 10.2.